The average molecular weight is 392 g/mol. The smallest absolute Gasteiger partial charge is 0.270 e. The Morgan fingerprint density at radius 1 is 0.963 bits per heavy atom. The van der Waals surface area contributed by atoms with Gasteiger partial charge in [-0.1, -0.05) is 54.2 Å². The number of fused-ring (bicyclic) bond motifs is 1. The molecule has 0 spiro atoms. The van der Waals surface area contributed by atoms with Crippen molar-refractivity contribution in [3.05, 3.63) is 89.7 Å². The molecule has 6 heteroatoms. The van der Waals surface area contributed by atoms with Gasteiger partial charge in [-0.05, 0) is 35.4 Å². The lowest BCUT2D eigenvalue weighted by atomic mass is 10.1. The molecule has 0 saturated carbocycles. The average Bonchev–Trinajstić information content (AvgIpc) is 3.15. The van der Waals surface area contributed by atoms with E-state index in [1.165, 1.54) is 10.3 Å². The van der Waals surface area contributed by atoms with Gasteiger partial charge in [0.15, 0.2) is 4.34 Å². The van der Waals surface area contributed by atoms with Gasteiger partial charge in [-0.3, -0.25) is 9.78 Å². The van der Waals surface area contributed by atoms with Crippen molar-refractivity contribution in [1.29, 1.82) is 0 Å². The summed E-state index contributed by atoms with van der Waals surface area (Å²) in [5.41, 5.74) is 3.79. The summed E-state index contributed by atoms with van der Waals surface area (Å²) in [4.78, 5) is 20.7. The van der Waals surface area contributed by atoms with Crippen LogP contribution in [0.2, 0.25) is 0 Å². The molecule has 4 rings (SSSR count). The Hall–Kier alpha value is -2.70. The molecule has 0 fully saturated rings. The van der Waals surface area contributed by atoms with E-state index in [4.69, 9.17) is 0 Å². The summed E-state index contributed by atoms with van der Waals surface area (Å²) in [6.07, 6.45) is 1.62. The molecule has 4 aromatic rings. The van der Waals surface area contributed by atoms with Gasteiger partial charge in [0.1, 0.15) is 5.69 Å². The lowest BCUT2D eigenvalue weighted by Gasteiger charge is -2.06. The number of hydrogen-bond acceptors (Lipinski definition) is 5. The third-order valence-corrected chi connectivity index (χ3v) is 6.26. The van der Waals surface area contributed by atoms with Gasteiger partial charge < -0.3 is 5.32 Å². The first-order valence-corrected chi connectivity index (χ1v) is 10.3. The molecule has 2 aromatic heterocycles. The van der Waals surface area contributed by atoms with Crippen molar-refractivity contribution < 1.29 is 4.79 Å². The van der Waals surface area contributed by atoms with Crippen LogP contribution >= 0.6 is 23.1 Å². The summed E-state index contributed by atoms with van der Waals surface area (Å²) in [7, 11) is 0. The van der Waals surface area contributed by atoms with Crippen LogP contribution in [0.5, 0.6) is 0 Å². The standard InChI is InChI=1S/C21H17N3OS2/c25-20(18-6-3-4-12-22-18)23-13-15-8-10-16(11-9-15)14-26-21-24-17-5-1-2-7-19(17)27-21/h1-12H,13-14H2,(H,23,25). The van der Waals surface area contributed by atoms with E-state index < -0.39 is 0 Å². The number of aromatic nitrogens is 2. The Morgan fingerprint density at radius 2 is 1.74 bits per heavy atom. The fourth-order valence-electron chi connectivity index (χ4n) is 2.58. The molecule has 2 heterocycles. The highest BCUT2D eigenvalue weighted by Crippen LogP contribution is 2.31. The predicted octanol–water partition coefficient (Wildman–Crippen LogP) is 4.91. The van der Waals surface area contributed by atoms with Crippen molar-refractivity contribution in [1.82, 2.24) is 15.3 Å². The van der Waals surface area contributed by atoms with E-state index in [0.29, 0.717) is 12.2 Å². The number of carbonyl (C=O) groups excluding carboxylic acids is 1. The minimum Gasteiger partial charge on any atom is -0.347 e. The SMILES string of the molecule is O=C(NCc1ccc(CSc2nc3ccccc3s2)cc1)c1ccccn1. The Bertz CT molecular complexity index is 1010. The molecule has 0 atom stereocenters. The number of nitrogens with one attached hydrogen (secondary N) is 1. The van der Waals surface area contributed by atoms with Gasteiger partial charge in [0.2, 0.25) is 0 Å². The molecular formula is C21H17N3OS2. The van der Waals surface area contributed by atoms with Crippen LogP contribution < -0.4 is 5.32 Å². The maximum absolute atomic E-state index is 12.0. The predicted molar refractivity (Wildman–Crippen MR) is 111 cm³/mol. The second kappa shape index (κ2) is 8.33. The van der Waals surface area contributed by atoms with Crippen LogP contribution in [0.3, 0.4) is 0 Å². The van der Waals surface area contributed by atoms with Crippen LogP contribution in [0.15, 0.2) is 77.3 Å². The summed E-state index contributed by atoms with van der Waals surface area (Å²) in [6, 6.07) is 21.8. The zero-order valence-corrected chi connectivity index (χ0v) is 16.1. The van der Waals surface area contributed by atoms with E-state index in [2.05, 4.69) is 33.5 Å². The van der Waals surface area contributed by atoms with Crippen LogP contribution in [0, 0.1) is 0 Å². The van der Waals surface area contributed by atoms with Gasteiger partial charge in [-0.2, -0.15) is 0 Å². The Kier molecular flexibility index (Phi) is 5.46. The summed E-state index contributed by atoms with van der Waals surface area (Å²) in [5.74, 6) is 0.714. The summed E-state index contributed by atoms with van der Waals surface area (Å²) < 4.78 is 2.31. The molecule has 2 aromatic carbocycles. The van der Waals surface area contributed by atoms with Gasteiger partial charge in [0.25, 0.3) is 5.91 Å². The van der Waals surface area contributed by atoms with Crippen LogP contribution in [0.4, 0.5) is 0 Å². The van der Waals surface area contributed by atoms with Gasteiger partial charge in [0.05, 0.1) is 10.2 Å². The van der Waals surface area contributed by atoms with Gasteiger partial charge in [-0.15, -0.1) is 11.3 Å². The molecule has 1 N–H and O–H groups in total. The largest absolute Gasteiger partial charge is 0.347 e. The quantitative estimate of drug-likeness (QED) is 0.474. The van der Waals surface area contributed by atoms with E-state index >= 15 is 0 Å². The van der Waals surface area contributed by atoms with Crippen LogP contribution in [-0.2, 0) is 12.3 Å². The van der Waals surface area contributed by atoms with E-state index in [9.17, 15) is 4.79 Å². The van der Waals surface area contributed by atoms with Crippen molar-refractivity contribution in [3.63, 3.8) is 0 Å². The first-order chi connectivity index (χ1) is 13.3. The Morgan fingerprint density at radius 3 is 2.52 bits per heavy atom. The number of benzene rings is 2. The van der Waals surface area contributed by atoms with Crippen LogP contribution in [0.1, 0.15) is 21.6 Å². The van der Waals surface area contributed by atoms with Crippen molar-refractivity contribution in [2.45, 2.75) is 16.6 Å². The van der Waals surface area contributed by atoms with Gasteiger partial charge >= 0.3 is 0 Å². The maximum atomic E-state index is 12.0. The van der Waals surface area contributed by atoms with Crippen LogP contribution in [0.25, 0.3) is 10.2 Å². The van der Waals surface area contributed by atoms with Gasteiger partial charge in [0, 0.05) is 18.5 Å². The first kappa shape index (κ1) is 17.7. The number of hydrogen-bond donors (Lipinski definition) is 1. The molecule has 0 bridgehead atoms. The number of thiazole rings is 1. The van der Waals surface area contributed by atoms with Crippen molar-refractivity contribution in [2.24, 2.45) is 0 Å². The summed E-state index contributed by atoms with van der Waals surface area (Å²) >= 11 is 3.48. The third kappa shape index (κ3) is 4.53. The minimum atomic E-state index is -0.161. The number of carbonyl (C=O) groups is 1. The molecule has 0 aliphatic carbocycles. The van der Waals surface area contributed by atoms with E-state index in [-0.39, 0.29) is 5.91 Å². The lowest BCUT2D eigenvalue weighted by molar-refractivity contribution is 0.0946. The summed E-state index contributed by atoms with van der Waals surface area (Å²) in [5, 5.41) is 2.89. The fourth-order valence-corrected chi connectivity index (χ4v) is 4.61. The Balaban J connectivity index is 1.31. The van der Waals surface area contributed by atoms with Crippen molar-refractivity contribution >= 4 is 39.2 Å². The normalized spacial score (nSPS) is 10.8. The number of amides is 1. The molecular weight excluding hydrogens is 374 g/mol. The highest BCUT2D eigenvalue weighted by Gasteiger charge is 2.06. The van der Waals surface area contributed by atoms with Crippen molar-refractivity contribution in [2.75, 3.05) is 0 Å². The second-order valence-corrected chi connectivity index (χ2v) is 8.20. The highest BCUT2D eigenvalue weighted by molar-refractivity contribution is 8.00. The number of thioether (sulfide) groups is 1. The molecule has 0 aliphatic rings. The molecule has 4 nitrogen and oxygen atoms in total. The number of nitrogens with zero attached hydrogens (tertiary/aromatic N) is 2. The zero-order valence-electron chi connectivity index (χ0n) is 14.5. The molecule has 134 valence electrons. The zero-order chi connectivity index (χ0) is 18.5. The topological polar surface area (TPSA) is 54.9 Å². The third-order valence-electron chi connectivity index (χ3n) is 4.01. The molecule has 0 aliphatic heterocycles. The summed E-state index contributed by atoms with van der Waals surface area (Å²) in [6.45, 7) is 0.487. The van der Waals surface area contributed by atoms with Gasteiger partial charge in [-0.25, -0.2) is 4.98 Å². The molecule has 0 radical (unpaired) electrons. The minimum absolute atomic E-state index is 0.161. The fraction of sp³-hybridized carbons (Fsp3) is 0.0952. The highest BCUT2D eigenvalue weighted by atomic mass is 32.2. The molecule has 0 saturated heterocycles. The van der Waals surface area contributed by atoms with Crippen molar-refractivity contribution in [3.8, 4) is 0 Å². The Labute approximate surface area is 165 Å². The lowest BCUT2D eigenvalue weighted by Crippen LogP contribution is -2.23. The number of para-hydroxylation sites is 1. The monoisotopic (exact) mass is 391 g/mol. The van der Waals surface area contributed by atoms with E-state index in [1.807, 2.05) is 30.3 Å². The molecule has 0 unspecified atom stereocenters. The number of rotatable bonds is 6. The van der Waals surface area contributed by atoms with E-state index in [0.717, 1.165) is 21.2 Å². The molecule has 1 amide bonds. The maximum Gasteiger partial charge on any atom is 0.270 e. The van der Waals surface area contributed by atoms with E-state index in [1.54, 1.807) is 47.5 Å². The number of pyridine rings is 1. The molecule has 27 heavy (non-hydrogen) atoms. The van der Waals surface area contributed by atoms with Crippen LogP contribution in [-0.4, -0.2) is 15.9 Å². The first-order valence-electron chi connectivity index (χ1n) is 8.53. The second-order valence-electron chi connectivity index (χ2n) is 5.95.